The van der Waals surface area contributed by atoms with E-state index >= 15 is 0 Å². The van der Waals surface area contributed by atoms with Gasteiger partial charge in [0, 0.05) is 12.6 Å². The molecule has 0 saturated carbocycles. The third kappa shape index (κ3) is 4.87. The monoisotopic (exact) mass is 347 g/mol. The normalized spacial score (nSPS) is 12.4. The van der Waals surface area contributed by atoms with Gasteiger partial charge in [0.15, 0.2) is 0 Å². The molecule has 0 spiro atoms. The largest absolute Gasteiger partial charge is 0.490 e. The van der Waals surface area contributed by atoms with Crippen molar-refractivity contribution in [1.82, 2.24) is 5.32 Å². The minimum Gasteiger partial charge on any atom is -0.490 e. The first-order chi connectivity index (χ1) is 10.1. The van der Waals surface area contributed by atoms with Crippen LogP contribution in [0.25, 0.3) is 0 Å². The molecular formula is C18H22BrNO. The zero-order chi connectivity index (χ0) is 15.2. The Balaban J connectivity index is 1.96. The van der Waals surface area contributed by atoms with E-state index in [1.54, 1.807) is 0 Å². The van der Waals surface area contributed by atoms with Gasteiger partial charge < -0.3 is 10.1 Å². The molecule has 2 nitrogen and oxygen atoms in total. The Morgan fingerprint density at radius 3 is 2.38 bits per heavy atom. The molecule has 2 rings (SSSR count). The summed E-state index contributed by atoms with van der Waals surface area (Å²) in [4.78, 5) is 0. The standard InChI is InChI=1S/C18H22BrNO/c1-13(2)21-18-10-9-15(11-17(18)19)12-20-14(3)16-7-5-4-6-8-16/h4-11,13-14,20H,12H2,1-3H3/t14-/m0/s1. The van der Waals surface area contributed by atoms with Crippen LogP contribution in [-0.2, 0) is 6.54 Å². The molecule has 0 radical (unpaired) electrons. The maximum Gasteiger partial charge on any atom is 0.133 e. The van der Waals surface area contributed by atoms with Crippen molar-refractivity contribution >= 4 is 15.9 Å². The maximum absolute atomic E-state index is 5.73. The van der Waals surface area contributed by atoms with Crippen molar-refractivity contribution in [2.75, 3.05) is 0 Å². The summed E-state index contributed by atoms with van der Waals surface area (Å²) < 4.78 is 6.73. The molecule has 112 valence electrons. The molecule has 1 atom stereocenters. The lowest BCUT2D eigenvalue weighted by atomic mass is 10.1. The second-order valence-corrected chi connectivity index (χ2v) is 6.30. The minimum atomic E-state index is 0.184. The van der Waals surface area contributed by atoms with E-state index in [9.17, 15) is 0 Å². The number of hydrogen-bond donors (Lipinski definition) is 1. The molecule has 0 aromatic heterocycles. The number of benzene rings is 2. The van der Waals surface area contributed by atoms with Crippen LogP contribution < -0.4 is 10.1 Å². The van der Waals surface area contributed by atoms with E-state index in [1.165, 1.54) is 11.1 Å². The van der Waals surface area contributed by atoms with Gasteiger partial charge in [0.2, 0.25) is 0 Å². The quantitative estimate of drug-likeness (QED) is 0.785. The molecule has 1 N–H and O–H groups in total. The van der Waals surface area contributed by atoms with E-state index in [1.807, 2.05) is 26.0 Å². The van der Waals surface area contributed by atoms with Crippen molar-refractivity contribution in [2.45, 2.75) is 39.5 Å². The van der Waals surface area contributed by atoms with Gasteiger partial charge in [0.1, 0.15) is 5.75 Å². The Morgan fingerprint density at radius 1 is 1.05 bits per heavy atom. The summed E-state index contributed by atoms with van der Waals surface area (Å²) in [5, 5.41) is 3.54. The van der Waals surface area contributed by atoms with Crippen LogP contribution >= 0.6 is 15.9 Å². The van der Waals surface area contributed by atoms with Gasteiger partial charge in [-0.2, -0.15) is 0 Å². The highest BCUT2D eigenvalue weighted by molar-refractivity contribution is 9.10. The van der Waals surface area contributed by atoms with E-state index in [0.717, 1.165) is 16.8 Å². The first kappa shape index (κ1) is 16.1. The van der Waals surface area contributed by atoms with Crippen molar-refractivity contribution in [3.05, 3.63) is 64.1 Å². The van der Waals surface area contributed by atoms with Gasteiger partial charge in [0.05, 0.1) is 10.6 Å². The SMILES string of the molecule is CC(C)Oc1ccc(CN[C@@H](C)c2ccccc2)cc1Br. The lowest BCUT2D eigenvalue weighted by Gasteiger charge is -2.16. The summed E-state index contributed by atoms with van der Waals surface area (Å²) in [6.07, 6.45) is 0.184. The molecule has 0 unspecified atom stereocenters. The smallest absolute Gasteiger partial charge is 0.133 e. The molecular weight excluding hydrogens is 326 g/mol. The second-order valence-electron chi connectivity index (χ2n) is 5.44. The third-order valence-corrected chi connectivity index (χ3v) is 3.89. The maximum atomic E-state index is 5.73. The van der Waals surface area contributed by atoms with Crippen molar-refractivity contribution in [3.63, 3.8) is 0 Å². The fourth-order valence-corrected chi connectivity index (χ4v) is 2.65. The van der Waals surface area contributed by atoms with Gasteiger partial charge >= 0.3 is 0 Å². The van der Waals surface area contributed by atoms with Crippen LogP contribution in [-0.4, -0.2) is 6.10 Å². The molecule has 3 heteroatoms. The number of ether oxygens (including phenoxy) is 1. The Labute approximate surface area is 135 Å². The molecule has 2 aromatic carbocycles. The molecule has 21 heavy (non-hydrogen) atoms. The van der Waals surface area contributed by atoms with Crippen LogP contribution in [0, 0.1) is 0 Å². The molecule has 0 aliphatic heterocycles. The van der Waals surface area contributed by atoms with E-state index < -0.39 is 0 Å². The summed E-state index contributed by atoms with van der Waals surface area (Å²) in [6, 6.07) is 17.0. The number of hydrogen-bond acceptors (Lipinski definition) is 2. The topological polar surface area (TPSA) is 21.3 Å². The lowest BCUT2D eigenvalue weighted by Crippen LogP contribution is -2.18. The Morgan fingerprint density at radius 2 is 1.76 bits per heavy atom. The number of rotatable bonds is 6. The van der Waals surface area contributed by atoms with E-state index in [2.05, 4.69) is 64.6 Å². The van der Waals surface area contributed by atoms with Crippen LogP contribution in [0.4, 0.5) is 0 Å². The fraction of sp³-hybridized carbons (Fsp3) is 0.333. The first-order valence-corrected chi connectivity index (χ1v) is 8.09. The van der Waals surface area contributed by atoms with Crippen LogP contribution in [0.1, 0.15) is 37.9 Å². The zero-order valence-corrected chi connectivity index (χ0v) is 14.4. The van der Waals surface area contributed by atoms with Gasteiger partial charge in [-0.25, -0.2) is 0 Å². The Kier molecular flexibility index (Phi) is 5.83. The first-order valence-electron chi connectivity index (χ1n) is 7.29. The minimum absolute atomic E-state index is 0.184. The van der Waals surface area contributed by atoms with Crippen LogP contribution in [0.5, 0.6) is 5.75 Å². The van der Waals surface area contributed by atoms with Gasteiger partial charge in [0.25, 0.3) is 0 Å². The van der Waals surface area contributed by atoms with Crippen LogP contribution in [0.2, 0.25) is 0 Å². The fourth-order valence-electron chi connectivity index (χ4n) is 2.13. The number of nitrogens with one attached hydrogen (secondary N) is 1. The van der Waals surface area contributed by atoms with Gasteiger partial charge in [-0.3, -0.25) is 0 Å². The lowest BCUT2D eigenvalue weighted by molar-refractivity contribution is 0.241. The molecule has 0 aliphatic carbocycles. The van der Waals surface area contributed by atoms with Gasteiger partial charge in [-0.15, -0.1) is 0 Å². The zero-order valence-electron chi connectivity index (χ0n) is 12.8. The van der Waals surface area contributed by atoms with Crippen LogP contribution in [0.3, 0.4) is 0 Å². The molecule has 0 amide bonds. The summed E-state index contributed by atoms with van der Waals surface area (Å²) in [7, 11) is 0. The number of halogens is 1. The average molecular weight is 348 g/mol. The van der Waals surface area contributed by atoms with Crippen molar-refractivity contribution < 1.29 is 4.74 Å². The highest BCUT2D eigenvalue weighted by Crippen LogP contribution is 2.27. The predicted molar refractivity (Wildman–Crippen MR) is 91.6 cm³/mol. The molecule has 2 aromatic rings. The highest BCUT2D eigenvalue weighted by Gasteiger charge is 2.07. The Hall–Kier alpha value is -1.32. The summed E-state index contributed by atoms with van der Waals surface area (Å²) in [5.74, 6) is 0.893. The summed E-state index contributed by atoms with van der Waals surface area (Å²) in [6.45, 7) is 7.07. The van der Waals surface area contributed by atoms with Crippen molar-refractivity contribution in [2.24, 2.45) is 0 Å². The summed E-state index contributed by atoms with van der Waals surface area (Å²) in [5.41, 5.74) is 2.54. The van der Waals surface area contributed by atoms with Crippen molar-refractivity contribution in [3.8, 4) is 5.75 Å². The molecule has 0 heterocycles. The molecule has 0 fully saturated rings. The summed E-state index contributed by atoms with van der Waals surface area (Å²) >= 11 is 3.57. The van der Waals surface area contributed by atoms with E-state index in [0.29, 0.717) is 6.04 Å². The van der Waals surface area contributed by atoms with E-state index in [4.69, 9.17) is 4.74 Å². The molecule has 0 aliphatic rings. The van der Waals surface area contributed by atoms with Gasteiger partial charge in [-0.05, 0) is 60.0 Å². The Bertz CT molecular complexity index is 569. The second kappa shape index (κ2) is 7.62. The molecule has 0 saturated heterocycles. The van der Waals surface area contributed by atoms with Crippen molar-refractivity contribution in [1.29, 1.82) is 0 Å². The van der Waals surface area contributed by atoms with Gasteiger partial charge in [-0.1, -0.05) is 36.4 Å². The van der Waals surface area contributed by atoms with E-state index in [-0.39, 0.29) is 6.10 Å². The van der Waals surface area contributed by atoms with Crippen LogP contribution in [0.15, 0.2) is 53.0 Å². The highest BCUT2D eigenvalue weighted by atomic mass is 79.9. The third-order valence-electron chi connectivity index (χ3n) is 3.27. The molecule has 0 bridgehead atoms. The predicted octanol–water partition coefficient (Wildman–Crippen LogP) is 5.09. The average Bonchev–Trinajstić information content (AvgIpc) is 2.48.